The van der Waals surface area contributed by atoms with Crippen LogP contribution in [0.4, 0.5) is 0 Å². The van der Waals surface area contributed by atoms with E-state index in [-0.39, 0.29) is 12.0 Å². The van der Waals surface area contributed by atoms with Crippen LogP contribution in [0.25, 0.3) is 0 Å². The Bertz CT molecular complexity index is 494. The van der Waals surface area contributed by atoms with E-state index < -0.39 is 0 Å². The van der Waals surface area contributed by atoms with E-state index in [4.69, 9.17) is 9.47 Å². The number of rotatable bonds is 1. The SMILES string of the molecule is CC1Oc2c(C(=O)N3CCOCC3)cccc2C1C. The minimum atomic E-state index is 0.0569. The highest BCUT2D eigenvalue weighted by atomic mass is 16.5. The van der Waals surface area contributed by atoms with Gasteiger partial charge in [-0.05, 0) is 13.0 Å². The second-order valence-corrected chi connectivity index (χ2v) is 5.24. The fraction of sp³-hybridized carbons (Fsp3) is 0.533. The maximum atomic E-state index is 12.6. The van der Waals surface area contributed by atoms with E-state index in [9.17, 15) is 4.79 Å². The van der Waals surface area contributed by atoms with Crippen molar-refractivity contribution in [3.63, 3.8) is 0 Å². The van der Waals surface area contributed by atoms with Crippen LogP contribution in [0.15, 0.2) is 18.2 Å². The Labute approximate surface area is 113 Å². The number of morpholine rings is 1. The molecule has 102 valence electrons. The van der Waals surface area contributed by atoms with Crippen molar-refractivity contribution in [3.8, 4) is 5.75 Å². The van der Waals surface area contributed by atoms with Crippen LogP contribution in [0.3, 0.4) is 0 Å². The lowest BCUT2D eigenvalue weighted by atomic mass is 9.96. The molecule has 2 atom stereocenters. The Hall–Kier alpha value is -1.55. The van der Waals surface area contributed by atoms with Crippen LogP contribution in [0.1, 0.15) is 35.7 Å². The highest BCUT2D eigenvalue weighted by Gasteiger charge is 2.32. The highest BCUT2D eigenvalue weighted by molar-refractivity contribution is 5.97. The van der Waals surface area contributed by atoms with Crippen LogP contribution in [0, 0.1) is 0 Å². The molecule has 4 nitrogen and oxygen atoms in total. The van der Waals surface area contributed by atoms with Crippen molar-refractivity contribution >= 4 is 5.91 Å². The Morgan fingerprint density at radius 3 is 2.74 bits per heavy atom. The molecule has 0 aromatic heterocycles. The van der Waals surface area contributed by atoms with E-state index in [1.807, 2.05) is 24.0 Å². The molecule has 1 amide bonds. The van der Waals surface area contributed by atoms with Gasteiger partial charge in [-0.3, -0.25) is 4.79 Å². The summed E-state index contributed by atoms with van der Waals surface area (Å²) in [6.45, 7) is 6.75. The molecule has 1 saturated heterocycles. The Morgan fingerprint density at radius 2 is 2.00 bits per heavy atom. The lowest BCUT2D eigenvalue weighted by Crippen LogP contribution is -2.40. The van der Waals surface area contributed by atoms with Crippen LogP contribution in [-0.2, 0) is 4.74 Å². The molecule has 19 heavy (non-hydrogen) atoms. The van der Waals surface area contributed by atoms with Gasteiger partial charge in [0, 0.05) is 24.6 Å². The third kappa shape index (κ3) is 2.10. The Kier molecular flexibility index (Phi) is 3.19. The molecule has 0 saturated carbocycles. The minimum Gasteiger partial charge on any atom is -0.489 e. The molecule has 1 aromatic rings. The molecule has 0 N–H and O–H groups in total. The summed E-state index contributed by atoms with van der Waals surface area (Å²) in [5.41, 5.74) is 1.84. The first-order chi connectivity index (χ1) is 9.18. The van der Waals surface area contributed by atoms with Crippen molar-refractivity contribution < 1.29 is 14.3 Å². The topological polar surface area (TPSA) is 38.8 Å². The van der Waals surface area contributed by atoms with Gasteiger partial charge >= 0.3 is 0 Å². The molecule has 4 heteroatoms. The first-order valence-corrected chi connectivity index (χ1v) is 6.85. The van der Waals surface area contributed by atoms with Crippen molar-refractivity contribution in [1.29, 1.82) is 0 Å². The van der Waals surface area contributed by atoms with E-state index >= 15 is 0 Å². The molecule has 2 heterocycles. The van der Waals surface area contributed by atoms with E-state index in [0.29, 0.717) is 37.8 Å². The lowest BCUT2D eigenvalue weighted by molar-refractivity contribution is 0.0300. The highest BCUT2D eigenvalue weighted by Crippen LogP contribution is 2.40. The van der Waals surface area contributed by atoms with Gasteiger partial charge in [-0.15, -0.1) is 0 Å². The van der Waals surface area contributed by atoms with E-state index in [0.717, 1.165) is 11.3 Å². The summed E-state index contributed by atoms with van der Waals surface area (Å²) < 4.78 is 11.2. The fourth-order valence-electron chi connectivity index (χ4n) is 2.69. The van der Waals surface area contributed by atoms with Crippen molar-refractivity contribution in [1.82, 2.24) is 4.90 Å². The number of benzene rings is 1. The van der Waals surface area contributed by atoms with Gasteiger partial charge in [0.05, 0.1) is 18.8 Å². The Morgan fingerprint density at radius 1 is 1.26 bits per heavy atom. The largest absolute Gasteiger partial charge is 0.489 e. The third-order valence-electron chi connectivity index (χ3n) is 4.07. The smallest absolute Gasteiger partial charge is 0.257 e. The summed E-state index contributed by atoms with van der Waals surface area (Å²) in [4.78, 5) is 14.4. The summed E-state index contributed by atoms with van der Waals surface area (Å²) in [6.07, 6.45) is 0.133. The van der Waals surface area contributed by atoms with Crippen LogP contribution in [-0.4, -0.2) is 43.2 Å². The van der Waals surface area contributed by atoms with Crippen molar-refractivity contribution in [2.24, 2.45) is 0 Å². The summed E-state index contributed by atoms with van der Waals surface area (Å²) in [7, 11) is 0. The van der Waals surface area contributed by atoms with Crippen LogP contribution >= 0.6 is 0 Å². The summed E-state index contributed by atoms with van der Waals surface area (Å²) in [5, 5.41) is 0. The van der Waals surface area contributed by atoms with Gasteiger partial charge in [-0.25, -0.2) is 0 Å². The number of amides is 1. The zero-order chi connectivity index (χ0) is 13.4. The molecule has 0 aliphatic carbocycles. The van der Waals surface area contributed by atoms with Gasteiger partial charge in [0.15, 0.2) is 0 Å². The molecular formula is C15H19NO3. The molecular weight excluding hydrogens is 242 g/mol. The molecule has 2 unspecified atom stereocenters. The summed E-state index contributed by atoms with van der Waals surface area (Å²) in [5.74, 6) is 1.17. The monoisotopic (exact) mass is 261 g/mol. The predicted octanol–water partition coefficient (Wildman–Crippen LogP) is 2.04. The zero-order valence-corrected chi connectivity index (χ0v) is 11.4. The number of nitrogens with zero attached hydrogens (tertiary/aromatic N) is 1. The molecule has 2 aliphatic heterocycles. The number of ether oxygens (including phenoxy) is 2. The van der Waals surface area contributed by atoms with E-state index in [2.05, 4.69) is 13.0 Å². The summed E-state index contributed by atoms with van der Waals surface area (Å²) in [6, 6.07) is 5.87. The second kappa shape index (κ2) is 4.85. The molecule has 0 bridgehead atoms. The first kappa shape index (κ1) is 12.5. The number of carbonyl (C=O) groups excluding carboxylic acids is 1. The maximum Gasteiger partial charge on any atom is 0.257 e. The molecule has 1 fully saturated rings. The number of hydrogen-bond acceptors (Lipinski definition) is 3. The lowest BCUT2D eigenvalue weighted by Gasteiger charge is -2.27. The van der Waals surface area contributed by atoms with Crippen molar-refractivity contribution in [2.75, 3.05) is 26.3 Å². The molecule has 1 aromatic carbocycles. The molecule has 0 spiro atoms. The number of para-hydroxylation sites is 1. The molecule has 3 rings (SSSR count). The Balaban J connectivity index is 1.92. The summed E-state index contributed by atoms with van der Waals surface area (Å²) >= 11 is 0. The maximum absolute atomic E-state index is 12.6. The second-order valence-electron chi connectivity index (χ2n) is 5.24. The van der Waals surface area contributed by atoms with Gasteiger partial charge in [0.25, 0.3) is 5.91 Å². The minimum absolute atomic E-state index is 0.0569. The number of carbonyl (C=O) groups is 1. The van der Waals surface area contributed by atoms with E-state index in [1.54, 1.807) is 0 Å². The van der Waals surface area contributed by atoms with E-state index in [1.165, 1.54) is 0 Å². The van der Waals surface area contributed by atoms with Gasteiger partial charge in [0.1, 0.15) is 11.9 Å². The van der Waals surface area contributed by atoms with Gasteiger partial charge < -0.3 is 14.4 Å². The molecule has 2 aliphatic rings. The number of hydrogen-bond donors (Lipinski definition) is 0. The van der Waals surface area contributed by atoms with Gasteiger partial charge in [-0.2, -0.15) is 0 Å². The first-order valence-electron chi connectivity index (χ1n) is 6.85. The fourth-order valence-corrected chi connectivity index (χ4v) is 2.69. The van der Waals surface area contributed by atoms with Crippen molar-refractivity contribution in [2.45, 2.75) is 25.9 Å². The average molecular weight is 261 g/mol. The normalized spacial score (nSPS) is 25.9. The van der Waals surface area contributed by atoms with Crippen LogP contribution in [0.2, 0.25) is 0 Å². The van der Waals surface area contributed by atoms with Gasteiger partial charge in [-0.1, -0.05) is 19.1 Å². The average Bonchev–Trinajstić information content (AvgIpc) is 2.75. The zero-order valence-electron chi connectivity index (χ0n) is 11.4. The standard InChI is InChI=1S/C15H19NO3/c1-10-11(2)19-14-12(10)4-3-5-13(14)15(17)16-6-8-18-9-7-16/h3-5,10-11H,6-9H2,1-2H3. The molecule has 0 radical (unpaired) electrons. The van der Waals surface area contributed by atoms with Crippen LogP contribution < -0.4 is 4.74 Å². The van der Waals surface area contributed by atoms with Crippen LogP contribution in [0.5, 0.6) is 5.75 Å². The quantitative estimate of drug-likeness (QED) is 0.776. The predicted molar refractivity (Wildman–Crippen MR) is 71.7 cm³/mol. The van der Waals surface area contributed by atoms with Gasteiger partial charge in [0.2, 0.25) is 0 Å². The van der Waals surface area contributed by atoms with Crippen molar-refractivity contribution in [3.05, 3.63) is 29.3 Å². The third-order valence-corrected chi connectivity index (χ3v) is 4.07. The number of fused-ring (bicyclic) bond motifs is 1.